The Hall–Kier alpha value is -2.41. The van der Waals surface area contributed by atoms with Crippen LogP contribution in [0.1, 0.15) is 41.9 Å². The number of aryl methyl sites for hydroxylation is 1. The highest BCUT2D eigenvalue weighted by molar-refractivity contribution is 6.30. The van der Waals surface area contributed by atoms with Crippen molar-refractivity contribution in [3.63, 3.8) is 0 Å². The molecule has 3 aliphatic rings. The molecule has 3 fully saturated rings. The van der Waals surface area contributed by atoms with Crippen molar-refractivity contribution in [2.24, 2.45) is 5.41 Å². The third kappa shape index (κ3) is 3.43. The van der Waals surface area contributed by atoms with E-state index in [1.807, 2.05) is 0 Å². The van der Waals surface area contributed by atoms with Crippen LogP contribution in [0.3, 0.4) is 0 Å². The summed E-state index contributed by atoms with van der Waals surface area (Å²) in [6, 6.07) is 5.66. The predicted molar refractivity (Wildman–Crippen MR) is 94.3 cm³/mol. The first-order chi connectivity index (χ1) is 12.8. The van der Waals surface area contributed by atoms with Gasteiger partial charge < -0.3 is 14.6 Å². The number of ketones is 1. The van der Waals surface area contributed by atoms with Crippen LogP contribution >= 0.6 is 11.6 Å². The van der Waals surface area contributed by atoms with E-state index in [1.165, 1.54) is 12.1 Å². The molecule has 0 aliphatic heterocycles. The van der Waals surface area contributed by atoms with Crippen molar-refractivity contribution >= 4 is 23.3 Å². The third-order valence-electron chi connectivity index (χ3n) is 5.24. The topological polar surface area (TPSA) is 81.4 Å². The largest absolute Gasteiger partial charge is 0.484 e. The molecule has 5 rings (SSSR count). The molecular formula is C19H18ClFN2O4. The molecule has 0 atom stereocenters. The summed E-state index contributed by atoms with van der Waals surface area (Å²) in [5, 5.41) is 6.70. The van der Waals surface area contributed by atoms with Crippen LogP contribution in [0.5, 0.6) is 5.75 Å². The van der Waals surface area contributed by atoms with E-state index in [-0.39, 0.29) is 40.0 Å². The highest BCUT2D eigenvalue weighted by atomic mass is 35.5. The van der Waals surface area contributed by atoms with Gasteiger partial charge in [0, 0.05) is 24.1 Å². The number of Topliss-reactive ketones (excluding diaryl/α,β-unsaturated/α-hetero) is 1. The van der Waals surface area contributed by atoms with E-state index in [1.54, 1.807) is 13.0 Å². The second-order valence-corrected chi connectivity index (χ2v) is 8.06. The smallest absolute Gasteiger partial charge is 0.258 e. The molecule has 1 amide bonds. The van der Waals surface area contributed by atoms with Gasteiger partial charge in [-0.05, 0) is 43.7 Å². The lowest BCUT2D eigenvalue weighted by molar-refractivity contribution is -0.164. The average Bonchev–Trinajstić information content (AvgIpc) is 2.99. The summed E-state index contributed by atoms with van der Waals surface area (Å²) in [5.74, 6) is -0.380. The van der Waals surface area contributed by atoms with Gasteiger partial charge in [0.25, 0.3) is 5.91 Å². The summed E-state index contributed by atoms with van der Waals surface area (Å²) in [6.45, 7) is 1.57. The zero-order valence-corrected chi connectivity index (χ0v) is 15.4. The predicted octanol–water partition coefficient (Wildman–Crippen LogP) is 3.47. The number of benzene rings is 1. The molecule has 3 aliphatic carbocycles. The number of carbonyl (C=O) groups is 2. The standard InChI is InChI=1S/C19H18ClFN2O4/c1-11-4-16(27-23-11)15(24)6-18-8-19(9-18,10-18)22-17(25)7-26-12-2-3-13(20)14(21)5-12/h2-5H,6-10H2,1H3,(H,22,25). The van der Waals surface area contributed by atoms with Gasteiger partial charge in [0.15, 0.2) is 6.61 Å². The van der Waals surface area contributed by atoms with E-state index in [9.17, 15) is 14.0 Å². The van der Waals surface area contributed by atoms with Crippen molar-refractivity contribution < 1.29 is 23.2 Å². The number of rotatable bonds is 7. The summed E-state index contributed by atoms with van der Waals surface area (Å²) in [5.41, 5.74) is 0.384. The van der Waals surface area contributed by atoms with Gasteiger partial charge in [0.1, 0.15) is 11.6 Å². The minimum absolute atomic E-state index is 0.000929. The molecule has 1 aromatic heterocycles. The average molecular weight is 393 g/mol. The molecule has 0 radical (unpaired) electrons. The Morgan fingerprint density at radius 3 is 2.70 bits per heavy atom. The Kier molecular flexibility index (Phi) is 4.22. The van der Waals surface area contributed by atoms with Gasteiger partial charge in [-0.15, -0.1) is 0 Å². The number of nitrogens with zero attached hydrogens (tertiary/aromatic N) is 1. The van der Waals surface area contributed by atoms with Crippen molar-refractivity contribution in [3.05, 3.63) is 46.6 Å². The van der Waals surface area contributed by atoms with Gasteiger partial charge in [-0.1, -0.05) is 16.8 Å². The molecular weight excluding hydrogens is 375 g/mol. The number of carbonyl (C=O) groups excluding carboxylic acids is 2. The SMILES string of the molecule is Cc1cc(C(=O)CC23CC(NC(=O)COc4ccc(Cl)c(F)c4)(C2)C3)on1. The normalized spacial score (nSPS) is 25.3. The molecule has 0 unspecified atom stereocenters. The summed E-state index contributed by atoms with van der Waals surface area (Å²) in [6.07, 6.45) is 2.69. The summed E-state index contributed by atoms with van der Waals surface area (Å²) < 4.78 is 23.7. The van der Waals surface area contributed by atoms with E-state index in [4.69, 9.17) is 20.9 Å². The van der Waals surface area contributed by atoms with Crippen LogP contribution in [0, 0.1) is 18.2 Å². The van der Waals surface area contributed by atoms with Crippen LogP contribution in [0.2, 0.25) is 5.02 Å². The Bertz CT molecular complexity index is 906. The highest BCUT2D eigenvalue weighted by Gasteiger charge is 2.68. The zero-order chi connectivity index (χ0) is 19.2. The molecule has 2 aromatic rings. The highest BCUT2D eigenvalue weighted by Crippen LogP contribution is 2.69. The summed E-state index contributed by atoms with van der Waals surface area (Å²) >= 11 is 5.61. The number of hydrogen-bond acceptors (Lipinski definition) is 5. The molecule has 2 bridgehead atoms. The maximum Gasteiger partial charge on any atom is 0.258 e. The van der Waals surface area contributed by atoms with E-state index < -0.39 is 5.82 Å². The molecule has 8 heteroatoms. The Morgan fingerprint density at radius 1 is 1.33 bits per heavy atom. The Balaban J connectivity index is 1.23. The van der Waals surface area contributed by atoms with Gasteiger partial charge in [-0.3, -0.25) is 9.59 Å². The van der Waals surface area contributed by atoms with Crippen molar-refractivity contribution in [1.29, 1.82) is 0 Å². The van der Waals surface area contributed by atoms with Gasteiger partial charge in [-0.25, -0.2) is 4.39 Å². The molecule has 0 saturated heterocycles. The van der Waals surface area contributed by atoms with Crippen molar-refractivity contribution in [2.45, 2.75) is 38.1 Å². The minimum Gasteiger partial charge on any atom is -0.484 e. The number of ether oxygens (including phenoxy) is 1. The molecule has 1 heterocycles. The molecule has 1 aromatic carbocycles. The van der Waals surface area contributed by atoms with E-state index in [2.05, 4.69) is 10.5 Å². The third-order valence-corrected chi connectivity index (χ3v) is 5.55. The number of nitrogens with one attached hydrogen (secondary N) is 1. The molecule has 3 saturated carbocycles. The van der Waals surface area contributed by atoms with Crippen molar-refractivity contribution in [2.75, 3.05) is 6.61 Å². The monoisotopic (exact) mass is 392 g/mol. The van der Waals surface area contributed by atoms with Crippen LogP contribution in [0.25, 0.3) is 0 Å². The van der Waals surface area contributed by atoms with Gasteiger partial charge in [-0.2, -0.15) is 0 Å². The van der Waals surface area contributed by atoms with Crippen LogP contribution in [-0.2, 0) is 4.79 Å². The minimum atomic E-state index is -0.595. The summed E-state index contributed by atoms with van der Waals surface area (Å²) in [4.78, 5) is 24.4. The first-order valence-electron chi connectivity index (χ1n) is 8.64. The fourth-order valence-corrected chi connectivity index (χ4v) is 4.41. The van der Waals surface area contributed by atoms with Crippen LogP contribution < -0.4 is 10.1 Å². The number of halogens is 2. The molecule has 0 spiro atoms. The Morgan fingerprint density at radius 2 is 2.07 bits per heavy atom. The van der Waals surface area contributed by atoms with Crippen LogP contribution in [0.4, 0.5) is 4.39 Å². The van der Waals surface area contributed by atoms with Gasteiger partial charge in [0.2, 0.25) is 11.5 Å². The maximum atomic E-state index is 13.4. The van der Waals surface area contributed by atoms with Crippen LogP contribution in [0.15, 0.2) is 28.8 Å². The van der Waals surface area contributed by atoms with E-state index in [0.29, 0.717) is 17.9 Å². The number of aromatic nitrogens is 1. The second kappa shape index (κ2) is 6.34. The molecule has 142 valence electrons. The molecule has 6 nitrogen and oxygen atoms in total. The maximum absolute atomic E-state index is 13.4. The quantitative estimate of drug-likeness (QED) is 0.730. The van der Waals surface area contributed by atoms with E-state index >= 15 is 0 Å². The van der Waals surface area contributed by atoms with Gasteiger partial charge >= 0.3 is 0 Å². The van der Waals surface area contributed by atoms with Crippen molar-refractivity contribution in [3.8, 4) is 5.75 Å². The van der Waals surface area contributed by atoms with Crippen LogP contribution in [-0.4, -0.2) is 29.0 Å². The summed E-state index contributed by atoms with van der Waals surface area (Å²) in [7, 11) is 0. The molecule has 1 N–H and O–H groups in total. The zero-order valence-electron chi connectivity index (χ0n) is 14.7. The first kappa shape index (κ1) is 18.0. The molecule has 27 heavy (non-hydrogen) atoms. The lowest BCUT2D eigenvalue weighted by Gasteiger charge is -2.70. The lowest BCUT2D eigenvalue weighted by Crippen LogP contribution is -2.75. The van der Waals surface area contributed by atoms with Crippen molar-refractivity contribution in [1.82, 2.24) is 10.5 Å². The number of amides is 1. The fourth-order valence-electron chi connectivity index (χ4n) is 4.29. The first-order valence-corrected chi connectivity index (χ1v) is 9.01. The van der Waals surface area contributed by atoms with E-state index in [0.717, 1.165) is 25.3 Å². The second-order valence-electron chi connectivity index (χ2n) is 7.66. The Labute approximate surface area is 160 Å². The van der Waals surface area contributed by atoms with Gasteiger partial charge in [0.05, 0.1) is 10.7 Å². The fraction of sp³-hybridized carbons (Fsp3) is 0.421. The number of hydrogen-bond donors (Lipinski definition) is 1. The lowest BCUT2D eigenvalue weighted by atomic mass is 9.38.